The fourth-order valence-electron chi connectivity index (χ4n) is 1.67. The third-order valence-corrected chi connectivity index (χ3v) is 2.31. The van der Waals surface area contributed by atoms with Crippen molar-refractivity contribution in [2.24, 2.45) is 0 Å². The highest BCUT2D eigenvalue weighted by atomic mass is 15.1. The van der Waals surface area contributed by atoms with Crippen LogP contribution >= 0.6 is 0 Å². The topological polar surface area (TPSA) is 49.8 Å². The van der Waals surface area contributed by atoms with Crippen molar-refractivity contribution >= 4 is 11.6 Å². The number of rotatable bonds is 6. The average Bonchev–Trinajstić information content (AvgIpc) is 2.17. The molecule has 0 fully saturated rings. The quantitative estimate of drug-likeness (QED) is 0.777. The summed E-state index contributed by atoms with van der Waals surface area (Å²) in [5.41, 5.74) is 0. The van der Waals surface area contributed by atoms with Gasteiger partial charge in [0.25, 0.3) is 0 Å². The Morgan fingerprint density at radius 1 is 1.25 bits per heavy atom. The summed E-state index contributed by atoms with van der Waals surface area (Å²) in [7, 11) is 0. The number of aromatic nitrogens is 2. The minimum Gasteiger partial charge on any atom is -0.370 e. The maximum Gasteiger partial charge on any atom is 0.132 e. The van der Waals surface area contributed by atoms with Crippen LogP contribution in [0.2, 0.25) is 0 Å². The highest BCUT2D eigenvalue weighted by molar-refractivity contribution is 5.47. The molecule has 0 amide bonds. The molecule has 4 nitrogen and oxygen atoms in total. The highest BCUT2D eigenvalue weighted by Gasteiger charge is 2.04. The Balaban J connectivity index is 2.71. The largest absolute Gasteiger partial charge is 0.370 e. The van der Waals surface area contributed by atoms with E-state index in [1.54, 1.807) is 0 Å². The second-order valence-electron chi connectivity index (χ2n) is 4.05. The van der Waals surface area contributed by atoms with Crippen molar-refractivity contribution in [3.05, 3.63) is 11.9 Å². The molecular formula is C12H22N4. The zero-order chi connectivity index (χ0) is 12.0. The molecular weight excluding hydrogens is 200 g/mol. The lowest BCUT2D eigenvalue weighted by Crippen LogP contribution is -2.16. The van der Waals surface area contributed by atoms with E-state index in [4.69, 9.17) is 0 Å². The van der Waals surface area contributed by atoms with Gasteiger partial charge in [-0.2, -0.15) is 0 Å². The van der Waals surface area contributed by atoms with Gasteiger partial charge in [0.15, 0.2) is 0 Å². The molecule has 1 heterocycles. The second kappa shape index (κ2) is 6.30. The smallest absolute Gasteiger partial charge is 0.132 e. The molecule has 0 saturated carbocycles. The van der Waals surface area contributed by atoms with Gasteiger partial charge < -0.3 is 10.6 Å². The van der Waals surface area contributed by atoms with Crippen LogP contribution in [-0.4, -0.2) is 22.6 Å². The van der Waals surface area contributed by atoms with Gasteiger partial charge in [0, 0.05) is 18.7 Å². The maximum absolute atomic E-state index is 4.38. The lowest BCUT2D eigenvalue weighted by Gasteiger charge is -2.14. The van der Waals surface area contributed by atoms with Crippen molar-refractivity contribution in [2.75, 3.05) is 17.2 Å². The summed E-state index contributed by atoms with van der Waals surface area (Å²) in [6, 6.07) is 2.41. The first-order valence-electron chi connectivity index (χ1n) is 6.01. The van der Waals surface area contributed by atoms with E-state index in [-0.39, 0.29) is 0 Å². The molecule has 1 atom stereocenters. The number of nitrogens with zero attached hydrogens (tertiary/aromatic N) is 2. The van der Waals surface area contributed by atoms with Crippen LogP contribution in [0.5, 0.6) is 0 Å². The third-order valence-electron chi connectivity index (χ3n) is 2.31. The number of hydrogen-bond donors (Lipinski definition) is 2. The Morgan fingerprint density at radius 2 is 1.94 bits per heavy atom. The van der Waals surface area contributed by atoms with E-state index in [9.17, 15) is 0 Å². The minimum absolute atomic E-state index is 0.453. The van der Waals surface area contributed by atoms with Gasteiger partial charge in [-0.1, -0.05) is 13.3 Å². The molecule has 0 spiro atoms. The molecule has 90 valence electrons. The molecule has 1 aromatic heterocycles. The molecule has 0 aliphatic heterocycles. The lowest BCUT2D eigenvalue weighted by atomic mass is 10.2. The third kappa shape index (κ3) is 4.04. The lowest BCUT2D eigenvalue weighted by molar-refractivity contribution is 0.686. The molecule has 1 rings (SSSR count). The number of nitrogens with one attached hydrogen (secondary N) is 2. The minimum atomic E-state index is 0.453. The predicted molar refractivity (Wildman–Crippen MR) is 68.9 cm³/mol. The monoisotopic (exact) mass is 222 g/mol. The molecule has 0 bridgehead atoms. The fraction of sp³-hybridized carbons (Fsp3) is 0.667. The molecule has 4 heteroatoms. The molecule has 0 aliphatic carbocycles. The number of anilines is 2. The summed E-state index contributed by atoms with van der Waals surface area (Å²) >= 11 is 0. The summed E-state index contributed by atoms with van der Waals surface area (Å²) in [6.07, 6.45) is 2.33. The van der Waals surface area contributed by atoms with Crippen molar-refractivity contribution in [1.82, 2.24) is 9.97 Å². The van der Waals surface area contributed by atoms with E-state index in [0.717, 1.165) is 30.4 Å². The van der Waals surface area contributed by atoms with Crippen molar-refractivity contribution in [2.45, 2.75) is 46.6 Å². The summed E-state index contributed by atoms with van der Waals surface area (Å²) in [6.45, 7) is 9.21. The van der Waals surface area contributed by atoms with Gasteiger partial charge in [-0.3, -0.25) is 0 Å². The van der Waals surface area contributed by atoms with Crippen LogP contribution in [-0.2, 0) is 0 Å². The van der Waals surface area contributed by atoms with Crippen molar-refractivity contribution in [3.63, 3.8) is 0 Å². The standard InChI is InChI=1S/C12H22N4/c1-5-7-9(3)14-12-8-11(13-6-2)15-10(4)16-12/h8-9H,5-7H2,1-4H3,(H2,13,14,15,16). The fourth-order valence-corrected chi connectivity index (χ4v) is 1.67. The Morgan fingerprint density at radius 3 is 2.56 bits per heavy atom. The van der Waals surface area contributed by atoms with E-state index < -0.39 is 0 Å². The maximum atomic E-state index is 4.38. The van der Waals surface area contributed by atoms with Crippen molar-refractivity contribution in [1.29, 1.82) is 0 Å². The van der Waals surface area contributed by atoms with Crippen LogP contribution in [0.1, 0.15) is 39.4 Å². The van der Waals surface area contributed by atoms with Crippen molar-refractivity contribution in [3.8, 4) is 0 Å². The first-order chi connectivity index (χ1) is 7.65. The molecule has 0 saturated heterocycles. The first-order valence-corrected chi connectivity index (χ1v) is 6.01. The van der Waals surface area contributed by atoms with Crippen LogP contribution < -0.4 is 10.6 Å². The summed E-state index contributed by atoms with van der Waals surface area (Å²) in [5.74, 6) is 2.59. The Hall–Kier alpha value is -1.32. The van der Waals surface area contributed by atoms with Crippen LogP contribution in [0, 0.1) is 6.92 Å². The van der Waals surface area contributed by atoms with Crippen LogP contribution in [0.3, 0.4) is 0 Å². The Labute approximate surface area is 97.9 Å². The molecule has 0 aliphatic rings. The SMILES string of the molecule is CCCC(C)Nc1cc(NCC)nc(C)n1. The second-order valence-corrected chi connectivity index (χ2v) is 4.05. The Kier molecular flexibility index (Phi) is 5.02. The number of aryl methyl sites for hydroxylation is 1. The molecule has 0 radical (unpaired) electrons. The van der Waals surface area contributed by atoms with Crippen molar-refractivity contribution < 1.29 is 0 Å². The summed E-state index contributed by atoms with van der Waals surface area (Å²) in [4.78, 5) is 8.69. The average molecular weight is 222 g/mol. The molecule has 1 unspecified atom stereocenters. The van der Waals surface area contributed by atoms with Gasteiger partial charge in [-0.25, -0.2) is 9.97 Å². The van der Waals surface area contributed by atoms with Gasteiger partial charge in [0.1, 0.15) is 17.5 Å². The molecule has 1 aromatic rings. The van der Waals surface area contributed by atoms with E-state index in [2.05, 4.69) is 41.4 Å². The zero-order valence-electron chi connectivity index (χ0n) is 10.7. The molecule has 2 N–H and O–H groups in total. The van der Waals surface area contributed by atoms with Gasteiger partial charge in [0.05, 0.1) is 0 Å². The summed E-state index contributed by atoms with van der Waals surface area (Å²) in [5, 5.41) is 6.59. The van der Waals surface area contributed by atoms with E-state index in [0.29, 0.717) is 6.04 Å². The van der Waals surface area contributed by atoms with E-state index >= 15 is 0 Å². The Bertz CT molecular complexity index is 325. The van der Waals surface area contributed by atoms with Crippen LogP contribution in [0.25, 0.3) is 0 Å². The number of hydrogen-bond acceptors (Lipinski definition) is 4. The van der Waals surface area contributed by atoms with Crippen LogP contribution in [0.4, 0.5) is 11.6 Å². The first kappa shape index (κ1) is 12.7. The molecule has 16 heavy (non-hydrogen) atoms. The van der Waals surface area contributed by atoms with Gasteiger partial charge in [-0.15, -0.1) is 0 Å². The van der Waals surface area contributed by atoms with Crippen LogP contribution in [0.15, 0.2) is 6.07 Å². The normalized spacial score (nSPS) is 12.2. The van der Waals surface area contributed by atoms with E-state index in [1.165, 1.54) is 6.42 Å². The van der Waals surface area contributed by atoms with E-state index in [1.807, 2.05) is 13.0 Å². The summed E-state index contributed by atoms with van der Waals surface area (Å²) < 4.78 is 0. The highest BCUT2D eigenvalue weighted by Crippen LogP contribution is 2.13. The zero-order valence-corrected chi connectivity index (χ0v) is 10.7. The predicted octanol–water partition coefficient (Wildman–Crippen LogP) is 2.82. The van der Waals surface area contributed by atoms with Gasteiger partial charge in [-0.05, 0) is 27.2 Å². The molecule has 0 aromatic carbocycles. The van der Waals surface area contributed by atoms with Gasteiger partial charge in [0.2, 0.25) is 0 Å². The van der Waals surface area contributed by atoms with Gasteiger partial charge >= 0.3 is 0 Å².